The summed E-state index contributed by atoms with van der Waals surface area (Å²) in [4.78, 5) is 10.6. The van der Waals surface area contributed by atoms with Crippen LogP contribution in [0.4, 0.5) is 0 Å². The van der Waals surface area contributed by atoms with E-state index >= 15 is 0 Å². The van der Waals surface area contributed by atoms with Gasteiger partial charge in [0, 0.05) is 82.5 Å². The summed E-state index contributed by atoms with van der Waals surface area (Å²) in [5.41, 5.74) is 23.1. The predicted octanol–water partition coefficient (Wildman–Crippen LogP) is 21.2. The van der Waals surface area contributed by atoms with Crippen LogP contribution < -0.4 is 0 Å². The van der Waals surface area contributed by atoms with Crippen molar-refractivity contribution in [3.05, 3.63) is 315 Å². The maximum absolute atomic E-state index is 5.37. The van der Waals surface area contributed by atoms with Gasteiger partial charge in [-0.05, 0) is 138 Å². The second kappa shape index (κ2) is 19.9. The fraction of sp³-hybridized carbons (Fsp3) is 0. The van der Waals surface area contributed by atoms with Crippen LogP contribution in [0.3, 0.4) is 0 Å². The molecule has 18 rings (SSSR count). The van der Waals surface area contributed by atoms with Crippen LogP contribution in [0.25, 0.3) is 166 Å². The van der Waals surface area contributed by atoms with Gasteiger partial charge in [-0.15, -0.1) is 0 Å². The van der Waals surface area contributed by atoms with E-state index < -0.39 is 0 Å². The van der Waals surface area contributed by atoms with Crippen LogP contribution in [-0.2, 0) is 0 Å². The maximum atomic E-state index is 5.37. The van der Waals surface area contributed by atoms with Gasteiger partial charge in [0.1, 0.15) is 0 Å². The van der Waals surface area contributed by atoms with Crippen molar-refractivity contribution in [1.29, 1.82) is 0 Å². The van der Waals surface area contributed by atoms with Gasteiger partial charge >= 0.3 is 0 Å². The van der Waals surface area contributed by atoms with Crippen molar-refractivity contribution in [1.82, 2.24) is 28.2 Å². The Bertz CT molecular complexity index is 5440. The van der Waals surface area contributed by atoms with Crippen LogP contribution in [0.5, 0.6) is 0 Å². The van der Waals surface area contributed by atoms with Crippen molar-refractivity contribution in [3.8, 4) is 78.9 Å². The first-order valence-corrected chi connectivity index (χ1v) is 30.0. The number of para-hydroxylation sites is 6. The molecule has 0 aliphatic carbocycles. The van der Waals surface area contributed by atoms with E-state index in [0.717, 1.165) is 89.6 Å². The summed E-state index contributed by atoms with van der Waals surface area (Å²) in [6, 6.07) is 114. The third kappa shape index (κ3) is 7.89. The van der Waals surface area contributed by atoms with E-state index in [1.807, 2.05) is 6.07 Å². The summed E-state index contributed by atoms with van der Waals surface area (Å²) in [5.74, 6) is 0.664. The van der Waals surface area contributed by atoms with Gasteiger partial charge in [0.25, 0.3) is 0 Å². The number of benzene rings is 13. The van der Waals surface area contributed by atoms with Crippen LogP contribution in [0.1, 0.15) is 0 Å². The molecule has 0 fully saturated rings. The van der Waals surface area contributed by atoms with Crippen molar-refractivity contribution in [3.63, 3.8) is 0 Å². The number of rotatable bonds is 9. The Morgan fingerprint density at radius 3 is 0.761 bits per heavy atom. The molecule has 0 aliphatic rings. The molecular formula is C82H52N6. The van der Waals surface area contributed by atoms with Gasteiger partial charge in [-0.2, -0.15) is 0 Å². The van der Waals surface area contributed by atoms with Crippen molar-refractivity contribution >= 4 is 87.2 Å². The molecule has 5 heterocycles. The first kappa shape index (κ1) is 49.6. The van der Waals surface area contributed by atoms with E-state index in [4.69, 9.17) is 9.97 Å². The van der Waals surface area contributed by atoms with Crippen LogP contribution in [0.15, 0.2) is 315 Å². The molecule has 0 spiro atoms. The summed E-state index contributed by atoms with van der Waals surface area (Å²) in [5, 5.41) is 9.81. The van der Waals surface area contributed by atoms with Gasteiger partial charge in [0.2, 0.25) is 0 Å². The molecule has 0 saturated carbocycles. The van der Waals surface area contributed by atoms with Crippen molar-refractivity contribution in [2.24, 2.45) is 0 Å². The van der Waals surface area contributed by atoms with Gasteiger partial charge < -0.3 is 18.3 Å². The lowest BCUT2D eigenvalue weighted by atomic mass is 10.0. The predicted molar refractivity (Wildman–Crippen MR) is 367 cm³/mol. The van der Waals surface area contributed by atoms with Gasteiger partial charge in [0.15, 0.2) is 5.82 Å². The topological polar surface area (TPSA) is 45.5 Å². The van der Waals surface area contributed by atoms with E-state index in [1.165, 1.54) is 70.7 Å². The summed E-state index contributed by atoms with van der Waals surface area (Å²) < 4.78 is 9.58. The van der Waals surface area contributed by atoms with E-state index in [1.54, 1.807) is 0 Å². The van der Waals surface area contributed by atoms with E-state index in [0.29, 0.717) is 5.82 Å². The summed E-state index contributed by atoms with van der Waals surface area (Å²) >= 11 is 0. The fourth-order valence-corrected chi connectivity index (χ4v) is 13.9. The number of hydrogen-bond acceptors (Lipinski definition) is 2. The van der Waals surface area contributed by atoms with E-state index in [2.05, 4.69) is 328 Å². The van der Waals surface area contributed by atoms with Gasteiger partial charge in [0.05, 0.1) is 55.5 Å². The Hall–Kier alpha value is -11.9. The van der Waals surface area contributed by atoms with Crippen molar-refractivity contribution < 1.29 is 0 Å². The minimum absolute atomic E-state index is 0.664. The first-order valence-electron chi connectivity index (χ1n) is 30.0. The highest BCUT2D eigenvalue weighted by atomic mass is 15.0. The Labute approximate surface area is 507 Å². The normalized spacial score (nSPS) is 11.9. The van der Waals surface area contributed by atoms with Crippen LogP contribution in [0, 0.1) is 0 Å². The molecular weight excluding hydrogens is 1070 g/mol. The Morgan fingerprint density at radius 1 is 0.170 bits per heavy atom. The molecule has 0 amide bonds. The quantitative estimate of drug-likeness (QED) is 0.145. The van der Waals surface area contributed by atoms with E-state index in [-0.39, 0.29) is 0 Å². The minimum atomic E-state index is 0.664. The molecule has 88 heavy (non-hydrogen) atoms. The zero-order valence-corrected chi connectivity index (χ0v) is 47.7. The monoisotopic (exact) mass is 1120 g/mol. The molecule has 5 aromatic heterocycles. The molecule has 0 N–H and O–H groups in total. The number of hydrogen-bond donors (Lipinski definition) is 0. The molecule has 0 saturated heterocycles. The molecule has 18 aromatic rings. The fourth-order valence-electron chi connectivity index (χ4n) is 13.9. The summed E-state index contributed by atoms with van der Waals surface area (Å²) in [7, 11) is 0. The molecule has 0 radical (unpaired) electrons. The van der Waals surface area contributed by atoms with Crippen LogP contribution in [-0.4, -0.2) is 28.2 Å². The van der Waals surface area contributed by atoms with Crippen LogP contribution >= 0.6 is 0 Å². The lowest BCUT2D eigenvalue weighted by Crippen LogP contribution is -1.98. The maximum Gasteiger partial charge on any atom is 0.160 e. The smallest absolute Gasteiger partial charge is 0.160 e. The lowest BCUT2D eigenvalue weighted by Gasteiger charge is -2.13. The lowest BCUT2D eigenvalue weighted by molar-refractivity contribution is 1.16. The molecule has 6 nitrogen and oxygen atoms in total. The minimum Gasteiger partial charge on any atom is -0.309 e. The molecule has 6 heteroatoms. The number of aromatic nitrogens is 6. The molecule has 410 valence electrons. The third-order valence-electron chi connectivity index (χ3n) is 18.0. The zero-order chi connectivity index (χ0) is 57.8. The summed E-state index contributed by atoms with van der Waals surface area (Å²) in [6.07, 6.45) is 0. The molecule has 0 unspecified atom stereocenters. The molecule has 13 aromatic carbocycles. The Balaban J connectivity index is 0.713. The van der Waals surface area contributed by atoms with Gasteiger partial charge in [-0.3, -0.25) is 0 Å². The zero-order valence-electron chi connectivity index (χ0n) is 47.7. The summed E-state index contributed by atoms with van der Waals surface area (Å²) in [6.45, 7) is 0. The largest absolute Gasteiger partial charge is 0.309 e. The van der Waals surface area contributed by atoms with Crippen LogP contribution in [0.2, 0.25) is 0 Å². The SMILES string of the molecule is c1ccc(-c2cc(-c3ccc(-n4c5ccccc5c5ccc(-c6ccc7c8ccccc8n(-c8ccccc8)c7c6)cc54)cc3)nc(-c3ccc(-n4c5ccccc5c5ccc(-c6ccc7c8ccccc8n(-c8ccccc8)c7c6)cc54)cc3)n2)cc1. The second-order valence-corrected chi connectivity index (χ2v) is 22.9. The highest BCUT2D eigenvalue weighted by Gasteiger charge is 2.20. The standard InChI is InChI=1S/C82H52N6/c1-4-18-53(19-5-1)72-52-73(54-32-40-62(41-33-54)87-76-30-16-12-26-66(76)70-46-38-58(50-80(70)87)56-36-44-68-64-24-10-14-28-74(64)85(78(68)48-56)60-20-6-2-7-21-60)84-82(83-72)55-34-42-63(43-35-55)88-77-31-17-13-27-67(77)71-47-39-59(51-81(71)88)57-37-45-69-65-25-11-15-29-75(65)86(79(69)49-57)61-22-8-3-9-23-61/h1-52H. The highest BCUT2D eigenvalue weighted by Crippen LogP contribution is 2.42. The Kier molecular flexibility index (Phi) is 11.2. The average molecular weight is 1120 g/mol. The molecule has 0 aliphatic heterocycles. The number of nitrogens with zero attached hydrogens (tertiary/aromatic N) is 6. The average Bonchev–Trinajstić information content (AvgIpc) is 3.98. The van der Waals surface area contributed by atoms with Crippen molar-refractivity contribution in [2.45, 2.75) is 0 Å². The first-order chi connectivity index (χ1) is 43.6. The van der Waals surface area contributed by atoms with Gasteiger partial charge in [-0.25, -0.2) is 9.97 Å². The molecule has 0 atom stereocenters. The highest BCUT2D eigenvalue weighted by molar-refractivity contribution is 6.14. The second-order valence-electron chi connectivity index (χ2n) is 22.9. The van der Waals surface area contributed by atoms with Crippen molar-refractivity contribution in [2.75, 3.05) is 0 Å². The Morgan fingerprint density at radius 2 is 0.420 bits per heavy atom. The third-order valence-corrected chi connectivity index (χ3v) is 18.0. The molecule has 0 bridgehead atoms. The van der Waals surface area contributed by atoms with E-state index in [9.17, 15) is 0 Å². The van der Waals surface area contributed by atoms with Gasteiger partial charge in [-0.1, -0.05) is 200 Å². The number of fused-ring (bicyclic) bond motifs is 12.